The van der Waals surface area contributed by atoms with Crippen LogP contribution in [0.25, 0.3) is 5.57 Å². The topological polar surface area (TPSA) is 20.2 Å². The van der Waals surface area contributed by atoms with Gasteiger partial charge in [0.05, 0.1) is 0 Å². The number of aliphatic hydroxyl groups excluding tert-OH is 1. The summed E-state index contributed by atoms with van der Waals surface area (Å²) < 4.78 is 13.7. The fourth-order valence-electron chi connectivity index (χ4n) is 4.79. The maximum Gasteiger partial charge on any atom is 0.123 e. The van der Waals surface area contributed by atoms with E-state index in [0.717, 1.165) is 59.2 Å². The van der Waals surface area contributed by atoms with Crippen LogP contribution in [0.3, 0.4) is 0 Å². The maximum absolute atomic E-state index is 13.7. The zero-order chi connectivity index (χ0) is 22.0. The summed E-state index contributed by atoms with van der Waals surface area (Å²) in [5, 5.41) is 11.5. The Balaban J connectivity index is 1.64. The normalized spacial score (nSPS) is 17.8. The second-order valence-corrected chi connectivity index (χ2v) is 10.2. The van der Waals surface area contributed by atoms with E-state index in [2.05, 4.69) is 41.3 Å². The number of hydrogen-bond acceptors (Lipinski definition) is 1. The SMILES string of the molecule is Cc1cc(/C(=C\C(O)=C2CCC2)c2ccc(F)cc2P)ccc1CC(C)CC1CCC1. The van der Waals surface area contributed by atoms with E-state index in [1.807, 2.05) is 12.1 Å². The van der Waals surface area contributed by atoms with Crippen LogP contribution in [0.4, 0.5) is 4.39 Å². The lowest BCUT2D eigenvalue weighted by atomic mass is 9.78. The molecule has 2 aromatic carbocycles. The first-order chi connectivity index (χ1) is 14.9. The van der Waals surface area contributed by atoms with E-state index in [9.17, 15) is 9.50 Å². The van der Waals surface area contributed by atoms with Crippen LogP contribution in [0.5, 0.6) is 0 Å². The molecule has 3 heteroatoms. The summed E-state index contributed by atoms with van der Waals surface area (Å²) in [7, 11) is 2.64. The largest absolute Gasteiger partial charge is 0.508 e. The van der Waals surface area contributed by atoms with E-state index in [0.29, 0.717) is 11.7 Å². The number of aryl methyl sites for hydroxylation is 1. The Kier molecular flexibility index (Phi) is 6.97. The van der Waals surface area contributed by atoms with Crippen molar-refractivity contribution in [1.29, 1.82) is 0 Å². The Morgan fingerprint density at radius 1 is 1.16 bits per heavy atom. The van der Waals surface area contributed by atoms with Crippen molar-refractivity contribution in [2.75, 3.05) is 0 Å². The minimum atomic E-state index is -0.248. The second-order valence-electron chi connectivity index (χ2n) is 9.62. The summed E-state index contributed by atoms with van der Waals surface area (Å²) in [4.78, 5) is 0. The van der Waals surface area contributed by atoms with E-state index in [1.165, 1.54) is 48.9 Å². The molecule has 0 bridgehead atoms. The molecule has 31 heavy (non-hydrogen) atoms. The third-order valence-corrected chi connectivity index (χ3v) is 7.56. The van der Waals surface area contributed by atoms with Crippen LogP contribution in [-0.4, -0.2) is 5.11 Å². The van der Waals surface area contributed by atoms with Gasteiger partial charge in [0.15, 0.2) is 0 Å². The molecule has 2 aliphatic carbocycles. The molecule has 0 aromatic heterocycles. The highest BCUT2D eigenvalue weighted by Gasteiger charge is 2.21. The van der Waals surface area contributed by atoms with Crippen molar-refractivity contribution in [3.8, 4) is 0 Å². The number of halogens is 1. The number of hydrogen-bond donors (Lipinski definition) is 1. The monoisotopic (exact) mass is 436 g/mol. The lowest BCUT2D eigenvalue weighted by Gasteiger charge is -2.28. The fraction of sp³-hybridized carbons (Fsp3) is 0.429. The second kappa shape index (κ2) is 9.70. The Bertz CT molecular complexity index is 1010. The summed E-state index contributed by atoms with van der Waals surface area (Å²) in [5.74, 6) is 1.76. The van der Waals surface area contributed by atoms with E-state index in [1.54, 1.807) is 0 Å². The average Bonchev–Trinajstić information content (AvgIpc) is 2.64. The smallest absolute Gasteiger partial charge is 0.123 e. The van der Waals surface area contributed by atoms with Gasteiger partial charge in [-0.15, -0.1) is 9.24 Å². The molecule has 2 aromatic rings. The molecule has 2 unspecified atom stereocenters. The predicted octanol–water partition coefficient (Wildman–Crippen LogP) is 7.43. The van der Waals surface area contributed by atoms with Crippen LogP contribution in [0.2, 0.25) is 0 Å². The van der Waals surface area contributed by atoms with Gasteiger partial charge in [-0.05, 0) is 108 Å². The van der Waals surface area contributed by atoms with E-state index >= 15 is 0 Å². The van der Waals surface area contributed by atoms with Gasteiger partial charge < -0.3 is 5.11 Å². The maximum atomic E-state index is 13.7. The highest BCUT2D eigenvalue weighted by Crippen LogP contribution is 2.35. The molecule has 0 spiro atoms. The van der Waals surface area contributed by atoms with Crippen molar-refractivity contribution < 1.29 is 9.50 Å². The van der Waals surface area contributed by atoms with Gasteiger partial charge in [-0.2, -0.15) is 0 Å². The Hall–Kier alpha value is -1.92. The molecular weight excluding hydrogens is 402 g/mol. The van der Waals surface area contributed by atoms with E-state index < -0.39 is 0 Å². The third-order valence-electron chi connectivity index (χ3n) is 7.09. The Morgan fingerprint density at radius 2 is 1.94 bits per heavy atom. The van der Waals surface area contributed by atoms with Gasteiger partial charge in [-0.1, -0.05) is 50.5 Å². The highest BCUT2D eigenvalue weighted by molar-refractivity contribution is 7.27. The van der Waals surface area contributed by atoms with Crippen LogP contribution in [0.15, 0.2) is 53.8 Å². The number of rotatable bonds is 7. The predicted molar refractivity (Wildman–Crippen MR) is 132 cm³/mol. The summed E-state index contributed by atoms with van der Waals surface area (Å²) in [6.45, 7) is 4.56. The van der Waals surface area contributed by atoms with Gasteiger partial charge >= 0.3 is 0 Å². The minimum Gasteiger partial charge on any atom is -0.508 e. The molecule has 1 nitrogen and oxygen atoms in total. The molecule has 2 atom stereocenters. The molecule has 0 amide bonds. The fourth-order valence-corrected chi connectivity index (χ4v) is 5.20. The van der Waals surface area contributed by atoms with Crippen molar-refractivity contribution in [3.63, 3.8) is 0 Å². The summed E-state index contributed by atoms with van der Waals surface area (Å²) in [5.41, 5.74) is 6.74. The zero-order valence-electron chi connectivity index (χ0n) is 18.8. The van der Waals surface area contributed by atoms with Crippen molar-refractivity contribution in [3.05, 3.63) is 81.9 Å². The molecule has 164 valence electrons. The molecule has 1 N–H and O–H groups in total. The minimum absolute atomic E-state index is 0.248. The molecule has 0 aliphatic heterocycles. The number of aliphatic hydroxyl groups is 1. The quantitative estimate of drug-likeness (QED) is 0.353. The number of benzene rings is 2. The molecular formula is C28H34FOP. The first kappa shape index (κ1) is 22.3. The van der Waals surface area contributed by atoms with Crippen molar-refractivity contribution in [2.45, 2.75) is 65.2 Å². The number of allylic oxidation sites excluding steroid dienone is 2. The standard InChI is InChI=1S/C28H34FOP/c1-18(13-20-5-3-6-20)14-22-9-10-23(15-19(22)2)26(17-27(30)21-7-4-8-21)25-12-11-24(29)16-28(25)31/h9-12,15-18,20,30H,3-8,13-14,31H2,1-2H3/b26-17+. The van der Waals surface area contributed by atoms with Crippen LogP contribution < -0.4 is 5.30 Å². The van der Waals surface area contributed by atoms with Crippen LogP contribution in [0, 0.1) is 24.6 Å². The molecule has 2 fully saturated rings. The Morgan fingerprint density at radius 3 is 2.52 bits per heavy atom. The van der Waals surface area contributed by atoms with Gasteiger partial charge in [-0.25, -0.2) is 4.39 Å². The summed E-state index contributed by atoms with van der Waals surface area (Å²) in [6.07, 6.45) is 11.6. The van der Waals surface area contributed by atoms with Gasteiger partial charge in [0, 0.05) is 0 Å². The van der Waals surface area contributed by atoms with Crippen LogP contribution >= 0.6 is 9.24 Å². The third kappa shape index (κ3) is 5.29. The molecule has 0 heterocycles. The zero-order valence-corrected chi connectivity index (χ0v) is 19.9. The van der Waals surface area contributed by atoms with Gasteiger partial charge in [0.1, 0.15) is 11.6 Å². The molecule has 0 saturated heterocycles. The lowest BCUT2D eigenvalue weighted by Crippen LogP contribution is -2.16. The van der Waals surface area contributed by atoms with E-state index in [4.69, 9.17) is 0 Å². The molecule has 2 saturated carbocycles. The average molecular weight is 437 g/mol. The highest BCUT2D eigenvalue weighted by atomic mass is 31.0. The van der Waals surface area contributed by atoms with Crippen molar-refractivity contribution >= 4 is 20.1 Å². The summed E-state index contributed by atoms with van der Waals surface area (Å²) in [6, 6.07) is 11.5. The van der Waals surface area contributed by atoms with Crippen molar-refractivity contribution in [1.82, 2.24) is 0 Å². The van der Waals surface area contributed by atoms with Gasteiger partial charge in [0.2, 0.25) is 0 Å². The first-order valence-electron chi connectivity index (χ1n) is 11.7. The Labute approximate surface area is 188 Å². The van der Waals surface area contributed by atoms with Crippen molar-refractivity contribution in [2.24, 2.45) is 11.8 Å². The lowest BCUT2D eigenvalue weighted by molar-refractivity contribution is 0.256. The van der Waals surface area contributed by atoms with Gasteiger partial charge in [0.25, 0.3) is 0 Å². The van der Waals surface area contributed by atoms with E-state index in [-0.39, 0.29) is 5.82 Å². The van der Waals surface area contributed by atoms with Crippen LogP contribution in [0.1, 0.15) is 74.1 Å². The first-order valence-corrected chi connectivity index (χ1v) is 12.3. The van der Waals surface area contributed by atoms with Crippen LogP contribution in [-0.2, 0) is 6.42 Å². The summed E-state index contributed by atoms with van der Waals surface area (Å²) >= 11 is 0. The molecule has 0 radical (unpaired) electrons. The van der Waals surface area contributed by atoms with Gasteiger partial charge in [-0.3, -0.25) is 0 Å². The molecule has 2 aliphatic rings. The molecule has 4 rings (SSSR count).